The van der Waals surface area contributed by atoms with Gasteiger partial charge in [0.1, 0.15) is 30.1 Å². The van der Waals surface area contributed by atoms with E-state index in [0.717, 1.165) is 11.3 Å². The zero-order valence-electron chi connectivity index (χ0n) is 13.9. The number of benzene rings is 2. The van der Waals surface area contributed by atoms with Gasteiger partial charge in [0.15, 0.2) is 0 Å². The van der Waals surface area contributed by atoms with Gasteiger partial charge in [-0.2, -0.15) is 0 Å². The molecule has 0 atom stereocenters. The maximum atomic E-state index is 11.5. The fraction of sp³-hybridized carbons (Fsp3) is 0.158. The summed E-state index contributed by atoms with van der Waals surface area (Å²) >= 11 is 0. The predicted molar refractivity (Wildman–Crippen MR) is 90.6 cm³/mol. The van der Waals surface area contributed by atoms with E-state index in [1.165, 1.54) is 7.11 Å². The van der Waals surface area contributed by atoms with Gasteiger partial charge in [-0.25, -0.2) is 9.78 Å². The van der Waals surface area contributed by atoms with E-state index in [-0.39, 0.29) is 6.61 Å². The molecule has 25 heavy (non-hydrogen) atoms. The lowest BCUT2D eigenvalue weighted by atomic mass is 10.2. The van der Waals surface area contributed by atoms with Gasteiger partial charge in [0, 0.05) is 5.56 Å². The van der Waals surface area contributed by atoms with Crippen LogP contribution in [0.1, 0.15) is 16.1 Å². The highest BCUT2D eigenvalue weighted by molar-refractivity contribution is 5.89. The number of oxazole rings is 1. The van der Waals surface area contributed by atoms with Gasteiger partial charge >= 0.3 is 5.97 Å². The summed E-state index contributed by atoms with van der Waals surface area (Å²) < 4.78 is 21.0. The fourth-order valence-electron chi connectivity index (χ4n) is 2.23. The number of carbonyl (C=O) groups excluding carboxylic acids is 1. The second kappa shape index (κ2) is 7.53. The molecule has 0 amide bonds. The molecule has 0 saturated carbocycles. The molecule has 0 radical (unpaired) electrons. The number of hydrogen-bond acceptors (Lipinski definition) is 6. The highest BCUT2D eigenvalue weighted by atomic mass is 16.5. The van der Waals surface area contributed by atoms with E-state index >= 15 is 0 Å². The van der Waals surface area contributed by atoms with E-state index in [1.54, 1.807) is 37.6 Å². The van der Waals surface area contributed by atoms with Crippen molar-refractivity contribution in [2.75, 3.05) is 14.2 Å². The van der Waals surface area contributed by atoms with E-state index in [9.17, 15) is 4.79 Å². The number of aromatic nitrogens is 1. The Morgan fingerprint density at radius 1 is 1.08 bits per heavy atom. The first-order valence-corrected chi connectivity index (χ1v) is 7.59. The maximum absolute atomic E-state index is 11.5. The standard InChI is InChI=1S/C19H17NO5/c1-22-16-8-6-13(7-9-16)18-20-15(12-25-18)11-24-17-5-3-4-14(10-17)19(21)23-2/h3-10,12H,11H2,1-2H3. The minimum absolute atomic E-state index is 0.226. The minimum Gasteiger partial charge on any atom is -0.497 e. The first kappa shape index (κ1) is 16.6. The van der Waals surface area contributed by atoms with E-state index in [1.807, 2.05) is 24.3 Å². The summed E-state index contributed by atoms with van der Waals surface area (Å²) in [6, 6.07) is 14.2. The van der Waals surface area contributed by atoms with Crippen molar-refractivity contribution in [1.82, 2.24) is 4.98 Å². The van der Waals surface area contributed by atoms with Crippen molar-refractivity contribution in [2.24, 2.45) is 0 Å². The van der Waals surface area contributed by atoms with Gasteiger partial charge in [0.25, 0.3) is 0 Å². The molecule has 3 rings (SSSR count). The Morgan fingerprint density at radius 2 is 1.88 bits per heavy atom. The first-order valence-electron chi connectivity index (χ1n) is 7.59. The van der Waals surface area contributed by atoms with Crippen LogP contribution < -0.4 is 9.47 Å². The zero-order valence-corrected chi connectivity index (χ0v) is 13.9. The SMILES string of the molecule is COC(=O)c1cccc(OCc2coc(-c3ccc(OC)cc3)n2)c1. The van der Waals surface area contributed by atoms with Crippen LogP contribution in [0.4, 0.5) is 0 Å². The van der Waals surface area contributed by atoms with Gasteiger partial charge in [-0.1, -0.05) is 6.07 Å². The Bertz CT molecular complexity index is 854. The van der Waals surface area contributed by atoms with Crippen LogP contribution in [0, 0.1) is 0 Å². The zero-order chi connectivity index (χ0) is 17.6. The normalized spacial score (nSPS) is 10.3. The van der Waals surface area contributed by atoms with Crippen LogP contribution in [0.25, 0.3) is 11.5 Å². The lowest BCUT2D eigenvalue weighted by Crippen LogP contribution is -2.02. The van der Waals surface area contributed by atoms with Crippen LogP contribution >= 0.6 is 0 Å². The van der Waals surface area contributed by atoms with Crippen LogP contribution in [0.5, 0.6) is 11.5 Å². The summed E-state index contributed by atoms with van der Waals surface area (Å²) in [6.45, 7) is 0.226. The van der Waals surface area contributed by atoms with Crippen LogP contribution in [-0.2, 0) is 11.3 Å². The number of ether oxygens (including phenoxy) is 3. The Kier molecular flexibility index (Phi) is 4.99. The Morgan fingerprint density at radius 3 is 2.60 bits per heavy atom. The summed E-state index contributed by atoms with van der Waals surface area (Å²) in [5, 5.41) is 0. The summed E-state index contributed by atoms with van der Waals surface area (Å²) in [5.74, 6) is 1.42. The van der Waals surface area contributed by atoms with Crippen molar-refractivity contribution in [2.45, 2.75) is 6.61 Å². The second-order valence-electron chi connectivity index (χ2n) is 5.18. The number of methoxy groups -OCH3 is 2. The fourth-order valence-corrected chi connectivity index (χ4v) is 2.23. The van der Waals surface area contributed by atoms with Gasteiger partial charge in [0.05, 0.1) is 19.8 Å². The number of hydrogen-bond donors (Lipinski definition) is 0. The molecule has 1 aromatic heterocycles. The van der Waals surface area contributed by atoms with E-state index in [2.05, 4.69) is 4.98 Å². The van der Waals surface area contributed by atoms with E-state index in [4.69, 9.17) is 18.6 Å². The van der Waals surface area contributed by atoms with Crippen LogP contribution in [-0.4, -0.2) is 25.2 Å². The molecular weight excluding hydrogens is 322 g/mol. The van der Waals surface area contributed by atoms with Crippen molar-refractivity contribution >= 4 is 5.97 Å². The molecule has 1 heterocycles. The lowest BCUT2D eigenvalue weighted by Gasteiger charge is -2.05. The third-order valence-corrected chi connectivity index (χ3v) is 3.53. The molecule has 0 unspecified atom stereocenters. The highest BCUT2D eigenvalue weighted by Crippen LogP contribution is 2.22. The van der Waals surface area contributed by atoms with E-state index < -0.39 is 5.97 Å². The summed E-state index contributed by atoms with van der Waals surface area (Å²) in [7, 11) is 2.96. The molecular formula is C19H17NO5. The molecule has 0 aliphatic carbocycles. The van der Waals surface area contributed by atoms with Crippen molar-refractivity contribution in [3.8, 4) is 23.0 Å². The molecule has 128 valence electrons. The second-order valence-corrected chi connectivity index (χ2v) is 5.18. The first-order chi connectivity index (χ1) is 12.2. The molecule has 0 saturated heterocycles. The van der Waals surface area contributed by atoms with Gasteiger partial charge in [-0.3, -0.25) is 0 Å². The number of nitrogens with zero attached hydrogens (tertiary/aromatic N) is 1. The third-order valence-electron chi connectivity index (χ3n) is 3.53. The van der Waals surface area contributed by atoms with Crippen molar-refractivity contribution < 1.29 is 23.4 Å². The Balaban J connectivity index is 1.66. The quantitative estimate of drug-likeness (QED) is 0.638. The molecule has 2 aromatic carbocycles. The highest BCUT2D eigenvalue weighted by Gasteiger charge is 2.09. The largest absolute Gasteiger partial charge is 0.497 e. The topological polar surface area (TPSA) is 70.8 Å². The third kappa shape index (κ3) is 3.98. The predicted octanol–water partition coefficient (Wildman–Crippen LogP) is 3.72. The average Bonchev–Trinajstić information content (AvgIpc) is 3.15. The minimum atomic E-state index is -0.409. The molecule has 6 heteroatoms. The molecule has 0 aliphatic rings. The molecule has 6 nitrogen and oxygen atoms in total. The van der Waals surface area contributed by atoms with Gasteiger partial charge in [-0.15, -0.1) is 0 Å². The van der Waals surface area contributed by atoms with Gasteiger partial charge < -0.3 is 18.6 Å². The van der Waals surface area contributed by atoms with Crippen molar-refractivity contribution in [3.63, 3.8) is 0 Å². The lowest BCUT2D eigenvalue weighted by molar-refractivity contribution is 0.0600. The monoisotopic (exact) mass is 339 g/mol. The van der Waals surface area contributed by atoms with E-state index in [0.29, 0.717) is 22.9 Å². The molecule has 0 aliphatic heterocycles. The van der Waals surface area contributed by atoms with Crippen molar-refractivity contribution in [1.29, 1.82) is 0 Å². The number of carbonyl (C=O) groups is 1. The summed E-state index contributed by atoms with van der Waals surface area (Å²) in [4.78, 5) is 15.9. The number of rotatable bonds is 6. The van der Waals surface area contributed by atoms with Crippen LogP contribution in [0.3, 0.4) is 0 Å². The molecule has 0 fully saturated rings. The van der Waals surface area contributed by atoms with Crippen LogP contribution in [0.2, 0.25) is 0 Å². The maximum Gasteiger partial charge on any atom is 0.337 e. The van der Waals surface area contributed by atoms with Gasteiger partial charge in [-0.05, 0) is 42.5 Å². The van der Waals surface area contributed by atoms with Gasteiger partial charge in [0.2, 0.25) is 5.89 Å². The smallest absolute Gasteiger partial charge is 0.337 e. The summed E-state index contributed by atoms with van der Waals surface area (Å²) in [5.41, 5.74) is 1.92. The Hall–Kier alpha value is -3.28. The summed E-state index contributed by atoms with van der Waals surface area (Å²) in [6.07, 6.45) is 1.55. The van der Waals surface area contributed by atoms with Crippen molar-refractivity contribution in [3.05, 3.63) is 66.1 Å². The molecule has 0 bridgehead atoms. The molecule has 0 spiro atoms. The number of esters is 1. The van der Waals surface area contributed by atoms with Crippen LogP contribution in [0.15, 0.2) is 59.2 Å². The average molecular weight is 339 g/mol. The Labute approximate surface area is 145 Å². The molecule has 0 N–H and O–H groups in total. The molecule has 3 aromatic rings.